The van der Waals surface area contributed by atoms with Gasteiger partial charge < -0.3 is 14.6 Å². The fraction of sp³-hybridized carbons (Fsp3) is 0.750. The molecule has 0 amide bonds. The fourth-order valence-corrected chi connectivity index (χ4v) is 2.85. The van der Waals surface area contributed by atoms with Crippen molar-refractivity contribution in [1.29, 1.82) is 0 Å². The van der Waals surface area contributed by atoms with E-state index in [4.69, 9.17) is 4.42 Å². The van der Waals surface area contributed by atoms with Crippen LogP contribution in [0.15, 0.2) is 16.7 Å². The lowest BCUT2D eigenvalue weighted by molar-refractivity contribution is 0.132. The van der Waals surface area contributed by atoms with Crippen LogP contribution in [-0.4, -0.2) is 49.6 Å². The van der Waals surface area contributed by atoms with Crippen LogP contribution >= 0.6 is 0 Å². The Kier molecular flexibility index (Phi) is 6.07. The molecule has 0 radical (unpaired) electrons. The molecule has 0 spiro atoms. The zero-order chi connectivity index (χ0) is 14.4. The van der Waals surface area contributed by atoms with Crippen LogP contribution in [-0.2, 0) is 13.1 Å². The lowest BCUT2D eigenvalue weighted by Crippen LogP contribution is -2.41. The first-order chi connectivity index (χ1) is 9.70. The molecule has 0 bridgehead atoms. The number of nitrogens with zero attached hydrogens (tertiary/aromatic N) is 2. The second-order valence-corrected chi connectivity index (χ2v) is 6.00. The van der Waals surface area contributed by atoms with E-state index in [-0.39, 0.29) is 0 Å². The minimum Gasteiger partial charge on any atom is -0.468 e. The maximum Gasteiger partial charge on any atom is 0.122 e. The van der Waals surface area contributed by atoms with Gasteiger partial charge in [-0.2, -0.15) is 0 Å². The van der Waals surface area contributed by atoms with Gasteiger partial charge in [-0.1, -0.05) is 6.92 Å². The summed E-state index contributed by atoms with van der Waals surface area (Å²) in [5, 5.41) is 3.45. The molecule has 1 saturated heterocycles. The molecule has 1 aliphatic rings. The third kappa shape index (κ3) is 4.33. The number of rotatable bonds is 7. The molecule has 1 aromatic rings. The number of furan rings is 1. The first-order valence-electron chi connectivity index (χ1n) is 7.85. The van der Waals surface area contributed by atoms with E-state index in [1.165, 1.54) is 37.9 Å². The highest BCUT2D eigenvalue weighted by molar-refractivity contribution is 5.16. The van der Waals surface area contributed by atoms with Crippen LogP contribution in [0, 0.1) is 0 Å². The molecule has 2 rings (SSSR count). The van der Waals surface area contributed by atoms with Crippen LogP contribution in [0.5, 0.6) is 0 Å². The molecular formula is C16H29N3O. The molecule has 1 aliphatic heterocycles. The Labute approximate surface area is 123 Å². The Bertz CT molecular complexity index is 383. The van der Waals surface area contributed by atoms with Gasteiger partial charge in [-0.15, -0.1) is 0 Å². The molecule has 1 fully saturated rings. The van der Waals surface area contributed by atoms with Crippen LogP contribution in [0.25, 0.3) is 0 Å². The molecule has 1 N–H and O–H groups in total. The van der Waals surface area contributed by atoms with E-state index in [0.29, 0.717) is 6.04 Å². The van der Waals surface area contributed by atoms with E-state index in [1.807, 2.05) is 6.26 Å². The summed E-state index contributed by atoms with van der Waals surface area (Å²) in [5.74, 6) is 1.12. The van der Waals surface area contributed by atoms with E-state index in [2.05, 4.69) is 42.2 Å². The molecule has 4 heteroatoms. The maximum atomic E-state index is 5.69. The zero-order valence-corrected chi connectivity index (χ0v) is 13.2. The van der Waals surface area contributed by atoms with Crippen molar-refractivity contribution < 1.29 is 4.42 Å². The predicted molar refractivity (Wildman–Crippen MR) is 82.7 cm³/mol. The van der Waals surface area contributed by atoms with Crippen molar-refractivity contribution in [1.82, 2.24) is 15.1 Å². The van der Waals surface area contributed by atoms with Gasteiger partial charge in [-0.3, -0.25) is 4.90 Å². The van der Waals surface area contributed by atoms with E-state index in [9.17, 15) is 0 Å². The molecular weight excluding hydrogens is 250 g/mol. The maximum absolute atomic E-state index is 5.69. The van der Waals surface area contributed by atoms with Crippen molar-refractivity contribution >= 4 is 0 Å². The van der Waals surface area contributed by atoms with Crippen molar-refractivity contribution in [3.8, 4) is 0 Å². The minimum absolute atomic E-state index is 0.688. The van der Waals surface area contributed by atoms with Gasteiger partial charge in [0.05, 0.1) is 12.8 Å². The van der Waals surface area contributed by atoms with Crippen molar-refractivity contribution in [3.05, 3.63) is 23.7 Å². The van der Waals surface area contributed by atoms with Gasteiger partial charge in [0.2, 0.25) is 0 Å². The molecule has 0 atom stereocenters. The number of piperidine rings is 1. The molecule has 0 unspecified atom stereocenters. The highest BCUT2D eigenvalue weighted by Gasteiger charge is 2.21. The van der Waals surface area contributed by atoms with Gasteiger partial charge in [-0.25, -0.2) is 0 Å². The third-order valence-electron chi connectivity index (χ3n) is 4.28. The fourth-order valence-electron chi connectivity index (χ4n) is 2.85. The van der Waals surface area contributed by atoms with Gasteiger partial charge in [0.25, 0.3) is 0 Å². The summed E-state index contributed by atoms with van der Waals surface area (Å²) in [6, 6.07) is 2.79. The van der Waals surface area contributed by atoms with Gasteiger partial charge in [0.15, 0.2) is 0 Å². The van der Waals surface area contributed by atoms with Gasteiger partial charge in [0.1, 0.15) is 5.76 Å². The summed E-state index contributed by atoms with van der Waals surface area (Å²) in [6.07, 6.45) is 5.51. The van der Waals surface area contributed by atoms with Gasteiger partial charge in [-0.05, 0) is 59.1 Å². The second kappa shape index (κ2) is 7.81. The normalized spacial score (nSPS) is 18.0. The lowest BCUT2D eigenvalue weighted by atomic mass is 10.0. The van der Waals surface area contributed by atoms with E-state index < -0.39 is 0 Å². The predicted octanol–water partition coefficient (Wildman–Crippen LogP) is 2.31. The average Bonchev–Trinajstić information content (AvgIpc) is 2.87. The highest BCUT2D eigenvalue weighted by Crippen LogP contribution is 2.19. The summed E-state index contributed by atoms with van der Waals surface area (Å²) >= 11 is 0. The molecule has 2 heterocycles. The Balaban J connectivity index is 1.84. The lowest BCUT2D eigenvalue weighted by Gasteiger charge is -2.34. The van der Waals surface area contributed by atoms with E-state index in [0.717, 1.165) is 25.4 Å². The van der Waals surface area contributed by atoms with Crippen molar-refractivity contribution in [2.75, 3.05) is 33.7 Å². The summed E-state index contributed by atoms with van der Waals surface area (Å²) in [7, 11) is 4.43. The second-order valence-electron chi connectivity index (χ2n) is 6.00. The van der Waals surface area contributed by atoms with Crippen LogP contribution in [0.2, 0.25) is 0 Å². The summed E-state index contributed by atoms with van der Waals surface area (Å²) in [6.45, 7) is 7.51. The first-order valence-corrected chi connectivity index (χ1v) is 7.85. The number of nitrogens with one attached hydrogen (secondary N) is 1. The minimum atomic E-state index is 0.688. The Morgan fingerprint density at radius 3 is 2.85 bits per heavy atom. The Hall–Kier alpha value is -0.840. The first kappa shape index (κ1) is 15.5. The molecule has 20 heavy (non-hydrogen) atoms. The quantitative estimate of drug-likeness (QED) is 0.776. The smallest absolute Gasteiger partial charge is 0.122 e. The van der Waals surface area contributed by atoms with Crippen LogP contribution in [0.1, 0.15) is 37.5 Å². The summed E-state index contributed by atoms with van der Waals surface area (Å²) in [5.41, 5.74) is 1.30. The van der Waals surface area contributed by atoms with Crippen LogP contribution in [0.4, 0.5) is 0 Å². The molecule has 1 aromatic heterocycles. The molecule has 4 nitrogen and oxygen atoms in total. The third-order valence-corrected chi connectivity index (χ3v) is 4.28. The highest BCUT2D eigenvalue weighted by atomic mass is 16.3. The van der Waals surface area contributed by atoms with Crippen molar-refractivity contribution in [2.45, 2.75) is 45.3 Å². The number of hydrogen-bond donors (Lipinski definition) is 1. The van der Waals surface area contributed by atoms with Crippen LogP contribution < -0.4 is 5.32 Å². The summed E-state index contributed by atoms with van der Waals surface area (Å²) in [4.78, 5) is 4.87. The molecule has 0 aromatic carbocycles. The van der Waals surface area contributed by atoms with E-state index in [1.54, 1.807) is 0 Å². The largest absolute Gasteiger partial charge is 0.468 e. The standard InChI is InChI=1S/C16H29N3O/c1-4-8-17-12-14-7-11-20-16(14)13-19(3)15-5-9-18(2)10-6-15/h7,11,15,17H,4-6,8-10,12-13H2,1-3H3. The average molecular weight is 279 g/mol. The van der Waals surface area contributed by atoms with Gasteiger partial charge in [0, 0.05) is 18.2 Å². The monoisotopic (exact) mass is 279 g/mol. The van der Waals surface area contributed by atoms with Crippen molar-refractivity contribution in [3.63, 3.8) is 0 Å². The topological polar surface area (TPSA) is 31.7 Å². The van der Waals surface area contributed by atoms with Crippen LogP contribution in [0.3, 0.4) is 0 Å². The molecule has 0 aliphatic carbocycles. The number of likely N-dealkylation sites (tertiary alicyclic amines) is 1. The zero-order valence-electron chi connectivity index (χ0n) is 13.2. The Morgan fingerprint density at radius 2 is 2.15 bits per heavy atom. The Morgan fingerprint density at radius 1 is 1.40 bits per heavy atom. The van der Waals surface area contributed by atoms with Crippen molar-refractivity contribution in [2.24, 2.45) is 0 Å². The number of hydrogen-bond acceptors (Lipinski definition) is 4. The summed E-state index contributed by atoms with van der Waals surface area (Å²) < 4.78 is 5.69. The van der Waals surface area contributed by atoms with E-state index >= 15 is 0 Å². The van der Waals surface area contributed by atoms with Gasteiger partial charge >= 0.3 is 0 Å². The molecule has 114 valence electrons. The molecule has 0 saturated carbocycles. The SMILES string of the molecule is CCCNCc1ccoc1CN(C)C1CCN(C)CC1.